The molecule has 27 heavy (non-hydrogen) atoms. The average molecular weight is 390 g/mol. The van der Waals surface area contributed by atoms with Gasteiger partial charge in [0.05, 0.1) is 12.4 Å². The van der Waals surface area contributed by atoms with Gasteiger partial charge in [-0.05, 0) is 25.4 Å². The minimum atomic E-state index is -5.15. The van der Waals surface area contributed by atoms with E-state index in [0.717, 1.165) is 16.7 Å². The third-order valence-electron chi connectivity index (χ3n) is 4.22. The molecule has 0 aliphatic rings. The van der Waals surface area contributed by atoms with Crippen LogP contribution >= 0.6 is 7.92 Å². The maximum atomic E-state index is 13.8. The Labute approximate surface area is 157 Å². The zero-order chi connectivity index (χ0) is 19.4. The molecule has 0 aromatic heterocycles. The van der Waals surface area contributed by atoms with Gasteiger partial charge in [0, 0.05) is 11.4 Å². The van der Waals surface area contributed by atoms with Gasteiger partial charge in [0.1, 0.15) is 5.75 Å². The van der Waals surface area contributed by atoms with E-state index in [0.29, 0.717) is 11.5 Å². The Kier molecular flexibility index (Phi) is 5.76. The molecule has 1 N–H and O–H groups in total. The van der Waals surface area contributed by atoms with Crippen molar-refractivity contribution in [3.63, 3.8) is 0 Å². The van der Waals surface area contributed by atoms with E-state index in [1.165, 1.54) is 13.2 Å². The van der Waals surface area contributed by atoms with Crippen LogP contribution in [0.5, 0.6) is 11.5 Å². The highest BCUT2D eigenvalue weighted by Gasteiger charge is 2.33. The summed E-state index contributed by atoms with van der Waals surface area (Å²) < 4.78 is 51.2. The Balaban J connectivity index is 2.34. The first kappa shape index (κ1) is 19.3. The summed E-state index contributed by atoms with van der Waals surface area (Å²) >= 11 is 0. The highest BCUT2D eigenvalue weighted by Crippen LogP contribution is 2.39. The number of para-hydroxylation sites is 2. The molecule has 1 atom stereocenters. The minimum Gasteiger partial charge on any atom is -0.584 e. The molecule has 0 radical (unpaired) electrons. The van der Waals surface area contributed by atoms with E-state index in [1.54, 1.807) is 25.3 Å². The van der Waals surface area contributed by atoms with E-state index < -0.39 is 20.4 Å². The van der Waals surface area contributed by atoms with Gasteiger partial charge in [-0.2, -0.15) is 0 Å². The molecule has 0 spiro atoms. The first-order valence-electron chi connectivity index (χ1n) is 8.38. The van der Waals surface area contributed by atoms with Gasteiger partial charge in [0.25, 0.3) is 5.75 Å². The van der Waals surface area contributed by atoms with E-state index >= 15 is 0 Å². The van der Waals surface area contributed by atoms with Gasteiger partial charge in [-0.3, -0.25) is 0 Å². The van der Waals surface area contributed by atoms with Crippen molar-refractivity contribution in [2.45, 2.75) is 0 Å². The number of ether oxygens (including phenoxy) is 2. The Morgan fingerprint density at radius 1 is 0.778 bits per heavy atom. The zero-order valence-electron chi connectivity index (χ0n) is 14.9. The largest absolute Gasteiger partial charge is 0.584 e. The smallest absolute Gasteiger partial charge is 0.510 e. The molecule has 2 nitrogen and oxygen atoms in total. The van der Waals surface area contributed by atoms with Crippen LogP contribution < -0.4 is 26.1 Å². The lowest BCUT2D eigenvalue weighted by molar-refractivity contribution is 0.139. The maximum Gasteiger partial charge on any atom is 0.510 e. The number of hydrogen-bond acceptors (Lipinski definition) is 1. The zero-order valence-corrected chi connectivity index (χ0v) is 15.8. The standard InChI is InChI=1S/C20H18BF3O2P/c1-25-16-10-4-7-13-19(16)27(20-14-8-5-11-17(20)26-2)18-12-6-3-9-15(18)21(22,23)24/h3-14H,1-2H3/q-1/p+1. The van der Waals surface area contributed by atoms with Crippen molar-refractivity contribution in [1.29, 1.82) is 0 Å². The summed E-state index contributed by atoms with van der Waals surface area (Å²) in [7, 11) is 1.67. The molecule has 0 bridgehead atoms. The van der Waals surface area contributed by atoms with Crippen LogP contribution in [0.15, 0.2) is 72.8 Å². The summed E-state index contributed by atoms with van der Waals surface area (Å²) in [5.41, 5.74) is -0.569. The number of hydrogen-bond donors (Lipinski definition) is 0. The Hall–Kier alpha value is -2.46. The molecule has 0 aliphatic carbocycles. The maximum absolute atomic E-state index is 13.8. The predicted octanol–water partition coefficient (Wildman–Crippen LogP) is 3.38. The van der Waals surface area contributed by atoms with Crippen LogP contribution in [0.4, 0.5) is 12.9 Å². The number of aromatic hydroxyl groups is 1. The molecule has 0 saturated heterocycles. The molecule has 0 fully saturated rings. The molecule has 0 aliphatic heterocycles. The van der Waals surface area contributed by atoms with Crippen LogP contribution in [0.1, 0.15) is 0 Å². The lowest BCUT2D eigenvalue weighted by Crippen LogP contribution is -2.45. The summed E-state index contributed by atoms with van der Waals surface area (Å²) in [6, 6.07) is 20.4. The number of aliphatic hydroxyl groups is 1. The second-order valence-electron chi connectivity index (χ2n) is 5.85. The molecule has 3 aromatic rings. The Morgan fingerprint density at radius 2 is 1.33 bits per heavy atom. The van der Waals surface area contributed by atoms with Crippen LogP contribution in [-0.2, 0) is 0 Å². The van der Waals surface area contributed by atoms with Gasteiger partial charge in [-0.25, -0.2) is 0 Å². The van der Waals surface area contributed by atoms with Crippen molar-refractivity contribution in [2.75, 3.05) is 14.2 Å². The fourth-order valence-corrected chi connectivity index (χ4v) is 5.77. The fraction of sp³-hybridized carbons (Fsp3) is 0.100. The molecule has 0 amide bonds. The lowest BCUT2D eigenvalue weighted by atomic mass is 9.80. The molecule has 140 valence electrons. The van der Waals surface area contributed by atoms with E-state index in [2.05, 4.69) is 4.74 Å². The van der Waals surface area contributed by atoms with E-state index in [1.807, 2.05) is 42.5 Å². The van der Waals surface area contributed by atoms with Crippen molar-refractivity contribution in [3.05, 3.63) is 72.8 Å². The number of halogens is 3. The highest BCUT2D eigenvalue weighted by atomic mass is 31.1. The lowest BCUT2D eigenvalue weighted by Gasteiger charge is -2.27. The summed E-state index contributed by atoms with van der Waals surface area (Å²) in [4.78, 5) is 0. The average Bonchev–Trinajstić information content (AvgIpc) is 2.68. The SMILES string of the molecule is COc1ccccc1P(c1ccccc1[OH+]C)c1ccccc1[B-](F)(F)F. The normalized spacial score (nSPS) is 12.5. The van der Waals surface area contributed by atoms with Crippen molar-refractivity contribution in [1.82, 2.24) is 0 Å². The van der Waals surface area contributed by atoms with Crippen molar-refractivity contribution < 1.29 is 22.4 Å². The summed E-state index contributed by atoms with van der Waals surface area (Å²) in [5, 5.41) is 1.77. The van der Waals surface area contributed by atoms with Crippen molar-refractivity contribution in [3.8, 4) is 11.5 Å². The molecule has 3 aromatic carbocycles. The van der Waals surface area contributed by atoms with Crippen LogP contribution in [0.2, 0.25) is 0 Å². The van der Waals surface area contributed by atoms with E-state index in [-0.39, 0.29) is 5.30 Å². The molecule has 0 heterocycles. The van der Waals surface area contributed by atoms with Gasteiger partial charge in [0.15, 0.2) is 7.11 Å². The van der Waals surface area contributed by atoms with E-state index in [9.17, 15) is 12.9 Å². The molecular formula is C20H19BF3O2P. The summed E-state index contributed by atoms with van der Waals surface area (Å²) in [6.07, 6.45) is 0. The third kappa shape index (κ3) is 3.96. The fourth-order valence-electron chi connectivity index (χ4n) is 3.01. The highest BCUT2D eigenvalue weighted by molar-refractivity contribution is 7.80. The summed E-state index contributed by atoms with van der Waals surface area (Å²) in [6.45, 7) is -5.15. The van der Waals surface area contributed by atoms with Gasteiger partial charge in [0.2, 0.25) is 0 Å². The Bertz CT molecular complexity index is 883. The quantitative estimate of drug-likeness (QED) is 0.360. The molecule has 7 heteroatoms. The topological polar surface area (TPSA) is 22.0 Å². The van der Waals surface area contributed by atoms with Gasteiger partial charge < -0.3 is 22.4 Å². The van der Waals surface area contributed by atoms with Gasteiger partial charge in [-0.1, -0.05) is 54.6 Å². The monoisotopic (exact) mass is 390 g/mol. The van der Waals surface area contributed by atoms with Crippen LogP contribution in [0, 0.1) is 0 Å². The second kappa shape index (κ2) is 8.05. The van der Waals surface area contributed by atoms with Crippen molar-refractivity contribution in [2.24, 2.45) is 0 Å². The number of methoxy groups -OCH3 is 1. The van der Waals surface area contributed by atoms with Gasteiger partial charge in [-0.15, -0.1) is 5.46 Å². The third-order valence-corrected chi connectivity index (χ3v) is 6.82. The second-order valence-corrected chi connectivity index (χ2v) is 7.97. The first-order valence-corrected chi connectivity index (χ1v) is 9.72. The molecular weight excluding hydrogens is 371 g/mol. The predicted molar refractivity (Wildman–Crippen MR) is 108 cm³/mol. The van der Waals surface area contributed by atoms with Crippen molar-refractivity contribution >= 4 is 36.3 Å². The Morgan fingerprint density at radius 3 is 1.96 bits per heavy atom. The van der Waals surface area contributed by atoms with E-state index in [4.69, 9.17) is 4.74 Å². The minimum absolute atomic E-state index is 0.264. The number of rotatable bonds is 6. The number of benzene rings is 3. The molecule has 3 rings (SSSR count). The van der Waals surface area contributed by atoms with Crippen LogP contribution in [-0.4, -0.2) is 25.9 Å². The molecule has 0 saturated carbocycles. The van der Waals surface area contributed by atoms with Gasteiger partial charge >= 0.3 is 6.98 Å². The first-order chi connectivity index (χ1) is 13.0. The summed E-state index contributed by atoms with van der Waals surface area (Å²) in [5.74, 6) is 1.25. The van der Waals surface area contributed by atoms with Crippen LogP contribution in [0.3, 0.4) is 0 Å². The van der Waals surface area contributed by atoms with Crippen LogP contribution in [0.25, 0.3) is 0 Å². The molecule has 1 unspecified atom stereocenters.